The van der Waals surface area contributed by atoms with Crippen molar-refractivity contribution in [3.63, 3.8) is 0 Å². The third-order valence-corrected chi connectivity index (χ3v) is 9.05. The predicted molar refractivity (Wildman–Crippen MR) is 174 cm³/mol. The molecule has 12 heteroatoms. The molecule has 1 amide bonds. The minimum atomic E-state index is -0.784. The van der Waals surface area contributed by atoms with Crippen molar-refractivity contribution in [1.82, 2.24) is 29.4 Å². The van der Waals surface area contributed by atoms with Crippen LogP contribution in [0.25, 0.3) is 54.8 Å². The highest BCUT2D eigenvalue weighted by Crippen LogP contribution is 2.47. The largest absolute Gasteiger partial charge is 0.490 e. The molecule has 0 spiro atoms. The molecule has 1 aliphatic rings. The van der Waals surface area contributed by atoms with Gasteiger partial charge in [0.2, 0.25) is 5.91 Å². The first-order valence-electron chi connectivity index (χ1n) is 14.7. The van der Waals surface area contributed by atoms with Crippen LogP contribution in [0.15, 0.2) is 66.7 Å². The Morgan fingerprint density at radius 3 is 2.76 bits per heavy atom. The van der Waals surface area contributed by atoms with E-state index in [1.807, 2.05) is 60.6 Å². The van der Waals surface area contributed by atoms with Crippen LogP contribution in [0.2, 0.25) is 0 Å². The van der Waals surface area contributed by atoms with Crippen molar-refractivity contribution in [1.29, 1.82) is 0 Å². The van der Waals surface area contributed by atoms with Crippen LogP contribution >= 0.6 is 11.3 Å². The first kappa shape index (κ1) is 29.8. The monoisotopic (exact) mass is 640 g/mol. The van der Waals surface area contributed by atoms with E-state index in [-0.39, 0.29) is 36.5 Å². The summed E-state index contributed by atoms with van der Waals surface area (Å²) in [5.41, 5.74) is 4.55. The molecule has 1 atom stereocenters. The lowest BCUT2D eigenvalue weighted by molar-refractivity contribution is -0.127. The van der Waals surface area contributed by atoms with E-state index in [1.54, 1.807) is 9.58 Å². The van der Waals surface area contributed by atoms with E-state index in [0.717, 1.165) is 38.3 Å². The lowest BCUT2D eigenvalue weighted by atomic mass is 9.96. The zero-order chi connectivity index (χ0) is 32.1. The molecular formula is C34H30F2N6O3S. The quantitative estimate of drug-likeness (QED) is 0.135. The van der Waals surface area contributed by atoms with Gasteiger partial charge in [0.15, 0.2) is 0 Å². The second-order valence-corrected chi connectivity index (χ2v) is 12.2. The SMILES string of the molecule is C=CC(=O)N1Cc2cc(-c3nc(-c4ccc5cn(C)nc5c4)c4ccsc4c3-c3c(F)cc(F)cc3OCCOC)nn2[C@@H](C)C1. The Kier molecular flexibility index (Phi) is 7.61. The maximum atomic E-state index is 16.0. The van der Waals surface area contributed by atoms with Gasteiger partial charge in [0.1, 0.15) is 35.4 Å². The Morgan fingerprint density at radius 1 is 1.11 bits per heavy atom. The molecule has 6 aromatic rings. The molecule has 46 heavy (non-hydrogen) atoms. The molecule has 0 bridgehead atoms. The summed E-state index contributed by atoms with van der Waals surface area (Å²) in [6, 6.07) is 11.7. The number of hydrogen-bond acceptors (Lipinski definition) is 7. The predicted octanol–water partition coefficient (Wildman–Crippen LogP) is 6.77. The zero-order valence-electron chi connectivity index (χ0n) is 25.5. The summed E-state index contributed by atoms with van der Waals surface area (Å²) in [7, 11) is 3.40. The van der Waals surface area contributed by atoms with E-state index in [1.165, 1.54) is 30.6 Å². The first-order valence-corrected chi connectivity index (χ1v) is 15.6. The summed E-state index contributed by atoms with van der Waals surface area (Å²) in [6.07, 6.45) is 3.25. The lowest BCUT2D eigenvalue weighted by Crippen LogP contribution is -2.39. The Bertz CT molecular complexity index is 2150. The number of rotatable bonds is 8. The Hall–Kier alpha value is -4.94. The van der Waals surface area contributed by atoms with Crippen molar-refractivity contribution in [2.45, 2.75) is 19.5 Å². The van der Waals surface area contributed by atoms with Crippen LogP contribution in [0.1, 0.15) is 18.7 Å². The molecule has 0 fully saturated rings. The number of hydrogen-bond donors (Lipinski definition) is 0. The van der Waals surface area contributed by atoms with Crippen LogP contribution in [-0.4, -0.2) is 62.2 Å². The molecular weight excluding hydrogens is 610 g/mol. The second-order valence-electron chi connectivity index (χ2n) is 11.3. The van der Waals surface area contributed by atoms with Gasteiger partial charge in [-0.25, -0.2) is 13.8 Å². The number of fused-ring (bicyclic) bond motifs is 3. The number of benzene rings is 2. The summed E-state index contributed by atoms with van der Waals surface area (Å²) in [5.74, 6) is -1.68. The maximum absolute atomic E-state index is 16.0. The molecule has 0 aliphatic carbocycles. The molecule has 0 N–H and O–H groups in total. The Morgan fingerprint density at radius 2 is 1.96 bits per heavy atom. The standard InChI is InChI=1S/C34H30F2N6O3S/c1-5-29(43)41-16-19(2)42-23(18-41)15-27(39-42)33-31(30-25(36)13-22(35)14-28(30)45-10-9-44-4)34-24(8-11-46-34)32(37-33)20-6-7-21-17-40(3)38-26(21)12-20/h5-8,11-15,17,19H,1,9-10,16,18H2,2-4H3/t19-/m0/s1. The minimum Gasteiger partial charge on any atom is -0.490 e. The van der Waals surface area contributed by atoms with Crippen LogP contribution in [0.3, 0.4) is 0 Å². The third-order valence-electron chi connectivity index (χ3n) is 8.11. The summed E-state index contributed by atoms with van der Waals surface area (Å²) in [6.45, 7) is 6.74. The minimum absolute atomic E-state index is 0.0371. The van der Waals surface area contributed by atoms with Gasteiger partial charge in [0.25, 0.3) is 0 Å². The van der Waals surface area contributed by atoms with E-state index in [4.69, 9.17) is 19.6 Å². The van der Waals surface area contributed by atoms with Crippen LogP contribution in [-0.2, 0) is 23.1 Å². The van der Waals surface area contributed by atoms with Crippen molar-refractivity contribution in [2.24, 2.45) is 7.05 Å². The molecule has 0 radical (unpaired) electrons. The number of nitrogens with zero attached hydrogens (tertiary/aromatic N) is 6. The number of aryl methyl sites for hydroxylation is 1. The highest BCUT2D eigenvalue weighted by molar-refractivity contribution is 7.18. The van der Waals surface area contributed by atoms with Crippen LogP contribution < -0.4 is 4.74 Å². The molecule has 0 unspecified atom stereocenters. The summed E-state index contributed by atoms with van der Waals surface area (Å²) >= 11 is 1.43. The maximum Gasteiger partial charge on any atom is 0.246 e. The van der Waals surface area contributed by atoms with Crippen LogP contribution in [0.4, 0.5) is 8.78 Å². The third kappa shape index (κ3) is 5.13. The van der Waals surface area contributed by atoms with Crippen molar-refractivity contribution in [2.75, 3.05) is 26.9 Å². The fraction of sp³-hybridized carbons (Fsp3) is 0.235. The average molecular weight is 641 g/mol. The van der Waals surface area contributed by atoms with E-state index >= 15 is 4.39 Å². The van der Waals surface area contributed by atoms with E-state index in [0.29, 0.717) is 35.7 Å². The van der Waals surface area contributed by atoms with Crippen molar-refractivity contribution < 1.29 is 23.0 Å². The molecule has 234 valence electrons. The van der Waals surface area contributed by atoms with E-state index in [9.17, 15) is 9.18 Å². The zero-order valence-corrected chi connectivity index (χ0v) is 26.3. The summed E-state index contributed by atoms with van der Waals surface area (Å²) in [5, 5.41) is 13.3. The fourth-order valence-electron chi connectivity index (χ4n) is 6.09. The fourth-order valence-corrected chi connectivity index (χ4v) is 7.04. The van der Waals surface area contributed by atoms with Crippen LogP contribution in [0.5, 0.6) is 5.75 Å². The lowest BCUT2D eigenvalue weighted by Gasteiger charge is -2.31. The number of thiophene rings is 1. The number of carbonyl (C=O) groups excluding carboxylic acids is 1. The molecule has 7 rings (SSSR count). The number of carbonyl (C=O) groups is 1. The van der Waals surface area contributed by atoms with Gasteiger partial charge in [-0.05, 0) is 36.6 Å². The highest BCUT2D eigenvalue weighted by atomic mass is 32.1. The van der Waals surface area contributed by atoms with Gasteiger partial charge in [-0.15, -0.1) is 11.3 Å². The number of aromatic nitrogens is 5. The second kappa shape index (κ2) is 11.8. The van der Waals surface area contributed by atoms with Gasteiger partial charge >= 0.3 is 0 Å². The van der Waals surface area contributed by atoms with Gasteiger partial charge < -0.3 is 14.4 Å². The molecule has 2 aromatic carbocycles. The van der Waals surface area contributed by atoms with Crippen molar-refractivity contribution in [3.05, 3.63) is 84.0 Å². The Labute approximate surface area is 267 Å². The Balaban J connectivity index is 1.50. The van der Waals surface area contributed by atoms with Gasteiger partial charge in [0, 0.05) is 65.6 Å². The molecule has 5 heterocycles. The van der Waals surface area contributed by atoms with Gasteiger partial charge in [-0.1, -0.05) is 18.7 Å². The first-order chi connectivity index (χ1) is 22.2. The average Bonchev–Trinajstić information content (AvgIpc) is 3.78. The smallest absolute Gasteiger partial charge is 0.246 e. The summed E-state index contributed by atoms with van der Waals surface area (Å²) < 4.78 is 46.1. The number of halogens is 2. The summed E-state index contributed by atoms with van der Waals surface area (Å²) in [4.78, 5) is 19.4. The molecule has 0 saturated carbocycles. The number of ether oxygens (including phenoxy) is 2. The van der Waals surface area contributed by atoms with Gasteiger partial charge in [0.05, 0.1) is 41.7 Å². The topological polar surface area (TPSA) is 87.3 Å². The normalized spacial score (nSPS) is 14.6. The van der Waals surface area contributed by atoms with E-state index < -0.39 is 11.6 Å². The molecule has 9 nitrogen and oxygen atoms in total. The molecule has 4 aromatic heterocycles. The highest BCUT2D eigenvalue weighted by Gasteiger charge is 2.30. The number of pyridine rings is 1. The van der Waals surface area contributed by atoms with Crippen molar-refractivity contribution >= 4 is 38.2 Å². The van der Waals surface area contributed by atoms with Crippen molar-refractivity contribution in [3.8, 4) is 39.5 Å². The van der Waals surface area contributed by atoms with Crippen LogP contribution in [0, 0.1) is 11.6 Å². The number of methoxy groups -OCH3 is 1. The van der Waals surface area contributed by atoms with Gasteiger partial charge in [-0.3, -0.25) is 14.2 Å². The van der Waals surface area contributed by atoms with E-state index in [2.05, 4.69) is 11.7 Å². The molecule has 1 aliphatic heterocycles. The molecule has 0 saturated heterocycles. The van der Waals surface area contributed by atoms with Gasteiger partial charge in [-0.2, -0.15) is 10.2 Å². The number of amides is 1.